The van der Waals surface area contributed by atoms with Crippen molar-refractivity contribution < 1.29 is 14.3 Å². The predicted octanol–water partition coefficient (Wildman–Crippen LogP) is 3.39. The molecule has 0 aromatic rings. The van der Waals surface area contributed by atoms with Crippen LogP contribution >= 0.6 is 0 Å². The molecule has 2 bridgehead atoms. The van der Waals surface area contributed by atoms with Crippen LogP contribution in [0.15, 0.2) is 12.2 Å². The fourth-order valence-electron chi connectivity index (χ4n) is 4.30. The number of allylic oxidation sites excluding steroid dienone is 2. The molecule has 3 unspecified atom stereocenters. The van der Waals surface area contributed by atoms with E-state index in [9.17, 15) is 9.59 Å². The van der Waals surface area contributed by atoms with E-state index in [1.165, 1.54) is 0 Å². The zero-order chi connectivity index (χ0) is 17.3. The first-order valence-electron chi connectivity index (χ1n) is 9.29. The van der Waals surface area contributed by atoms with Crippen LogP contribution in [-0.4, -0.2) is 40.6 Å². The zero-order valence-corrected chi connectivity index (χ0v) is 15.1. The molecule has 2 fully saturated rings. The molecule has 0 spiro atoms. The molecule has 2 heterocycles. The Labute approximate surface area is 144 Å². The Morgan fingerprint density at radius 1 is 1.17 bits per heavy atom. The van der Waals surface area contributed by atoms with Crippen molar-refractivity contribution in [3.63, 3.8) is 0 Å². The van der Waals surface area contributed by atoms with E-state index >= 15 is 0 Å². The molecule has 3 aliphatic rings. The van der Waals surface area contributed by atoms with E-state index in [-0.39, 0.29) is 30.1 Å². The quantitative estimate of drug-likeness (QED) is 0.805. The highest BCUT2D eigenvalue weighted by atomic mass is 16.6. The molecule has 24 heavy (non-hydrogen) atoms. The minimum absolute atomic E-state index is 0.154. The van der Waals surface area contributed by atoms with E-state index in [1.807, 2.05) is 25.7 Å². The third-order valence-corrected chi connectivity index (χ3v) is 5.26. The van der Waals surface area contributed by atoms with E-state index in [0.717, 1.165) is 38.5 Å². The van der Waals surface area contributed by atoms with Gasteiger partial charge >= 0.3 is 6.09 Å². The molecular formula is C19H30N2O3. The van der Waals surface area contributed by atoms with Gasteiger partial charge in [0, 0.05) is 24.5 Å². The van der Waals surface area contributed by atoms with Gasteiger partial charge in [-0.25, -0.2) is 4.79 Å². The van der Waals surface area contributed by atoms with Crippen LogP contribution in [0.1, 0.15) is 65.7 Å². The number of carbonyl (C=O) groups is 2. The maximum atomic E-state index is 12.4. The first-order chi connectivity index (χ1) is 11.3. The van der Waals surface area contributed by atoms with Gasteiger partial charge < -0.3 is 15.0 Å². The molecule has 0 saturated carbocycles. The number of rotatable bonds is 3. The Bertz CT molecular complexity index is 509. The molecule has 134 valence electrons. The van der Waals surface area contributed by atoms with E-state index in [2.05, 4.69) is 17.5 Å². The SMILES string of the molecule is CC(C)(C)OC(=O)N1C2CCC1CC(NC(=O)CC1C=CCC1)C2. The zero-order valence-electron chi connectivity index (χ0n) is 15.1. The van der Waals surface area contributed by atoms with Crippen molar-refractivity contribution in [2.75, 3.05) is 0 Å². The lowest BCUT2D eigenvalue weighted by Crippen LogP contribution is -2.53. The normalized spacial score (nSPS) is 32.0. The van der Waals surface area contributed by atoms with Crippen LogP contribution in [0.4, 0.5) is 4.79 Å². The number of carbonyl (C=O) groups excluding carboxylic acids is 2. The summed E-state index contributed by atoms with van der Waals surface area (Å²) in [5.74, 6) is 0.560. The molecule has 2 amide bonds. The minimum Gasteiger partial charge on any atom is -0.444 e. The van der Waals surface area contributed by atoms with Crippen LogP contribution in [0.5, 0.6) is 0 Å². The van der Waals surface area contributed by atoms with Crippen molar-refractivity contribution in [1.29, 1.82) is 0 Å². The van der Waals surface area contributed by atoms with Crippen molar-refractivity contribution in [1.82, 2.24) is 10.2 Å². The van der Waals surface area contributed by atoms with Gasteiger partial charge in [0.1, 0.15) is 5.60 Å². The van der Waals surface area contributed by atoms with Gasteiger partial charge in [0.25, 0.3) is 0 Å². The van der Waals surface area contributed by atoms with Crippen LogP contribution in [0.25, 0.3) is 0 Å². The molecule has 0 aromatic heterocycles. The smallest absolute Gasteiger partial charge is 0.410 e. The molecule has 0 radical (unpaired) electrons. The average Bonchev–Trinajstić information content (AvgIpc) is 3.03. The first kappa shape index (κ1) is 17.3. The molecule has 2 aliphatic heterocycles. The van der Waals surface area contributed by atoms with Gasteiger partial charge in [-0.2, -0.15) is 0 Å². The van der Waals surface area contributed by atoms with Crippen LogP contribution in [-0.2, 0) is 9.53 Å². The molecular weight excluding hydrogens is 304 g/mol. The van der Waals surface area contributed by atoms with Gasteiger partial charge in [0.15, 0.2) is 0 Å². The average molecular weight is 334 g/mol. The Morgan fingerprint density at radius 2 is 1.83 bits per heavy atom. The van der Waals surface area contributed by atoms with Crippen LogP contribution in [0, 0.1) is 5.92 Å². The first-order valence-corrected chi connectivity index (χ1v) is 9.29. The maximum absolute atomic E-state index is 12.4. The number of piperidine rings is 1. The lowest BCUT2D eigenvalue weighted by Gasteiger charge is -2.39. The van der Waals surface area contributed by atoms with Gasteiger partial charge in [-0.1, -0.05) is 12.2 Å². The van der Waals surface area contributed by atoms with Crippen LogP contribution in [0.3, 0.4) is 0 Å². The van der Waals surface area contributed by atoms with Crippen LogP contribution < -0.4 is 5.32 Å². The molecule has 1 N–H and O–H groups in total. The number of hydrogen-bond acceptors (Lipinski definition) is 3. The van der Waals surface area contributed by atoms with E-state index in [0.29, 0.717) is 12.3 Å². The second-order valence-electron chi connectivity index (χ2n) is 8.48. The summed E-state index contributed by atoms with van der Waals surface area (Å²) in [6.45, 7) is 5.70. The van der Waals surface area contributed by atoms with E-state index < -0.39 is 5.60 Å². The van der Waals surface area contributed by atoms with Crippen molar-refractivity contribution in [3.8, 4) is 0 Å². The van der Waals surface area contributed by atoms with Crippen molar-refractivity contribution in [3.05, 3.63) is 12.2 Å². The van der Waals surface area contributed by atoms with Gasteiger partial charge in [-0.05, 0) is 65.2 Å². The highest BCUT2D eigenvalue weighted by molar-refractivity contribution is 5.77. The highest BCUT2D eigenvalue weighted by Gasteiger charge is 2.45. The summed E-state index contributed by atoms with van der Waals surface area (Å²) >= 11 is 0. The lowest BCUT2D eigenvalue weighted by molar-refractivity contribution is -0.122. The Hall–Kier alpha value is -1.52. The molecule has 3 rings (SSSR count). The summed E-state index contributed by atoms with van der Waals surface area (Å²) in [4.78, 5) is 26.6. The fraction of sp³-hybridized carbons (Fsp3) is 0.789. The van der Waals surface area contributed by atoms with Crippen molar-refractivity contribution in [2.45, 2.75) is 89.4 Å². The summed E-state index contributed by atoms with van der Waals surface area (Å²) in [5.41, 5.74) is -0.462. The second-order valence-corrected chi connectivity index (χ2v) is 8.48. The third kappa shape index (κ3) is 4.11. The van der Waals surface area contributed by atoms with Crippen molar-refractivity contribution in [2.24, 2.45) is 5.92 Å². The Balaban J connectivity index is 1.52. The molecule has 3 atom stereocenters. The topological polar surface area (TPSA) is 58.6 Å². The maximum Gasteiger partial charge on any atom is 0.410 e. The molecule has 5 heteroatoms. The number of fused-ring (bicyclic) bond motifs is 2. The van der Waals surface area contributed by atoms with E-state index in [1.54, 1.807) is 0 Å². The van der Waals surface area contributed by atoms with Crippen molar-refractivity contribution >= 4 is 12.0 Å². The molecule has 5 nitrogen and oxygen atoms in total. The number of hydrogen-bond donors (Lipinski definition) is 1. The van der Waals surface area contributed by atoms with Gasteiger partial charge in [-0.3, -0.25) is 4.79 Å². The molecule has 0 aromatic carbocycles. The van der Waals surface area contributed by atoms with Crippen LogP contribution in [0.2, 0.25) is 0 Å². The highest BCUT2D eigenvalue weighted by Crippen LogP contribution is 2.37. The van der Waals surface area contributed by atoms with Gasteiger partial charge in [0.2, 0.25) is 5.91 Å². The monoisotopic (exact) mass is 334 g/mol. The summed E-state index contributed by atoms with van der Waals surface area (Å²) in [5, 5.41) is 3.20. The Morgan fingerprint density at radius 3 is 2.38 bits per heavy atom. The molecule has 1 aliphatic carbocycles. The minimum atomic E-state index is -0.462. The summed E-state index contributed by atoms with van der Waals surface area (Å²) in [6, 6.07) is 0.602. The second kappa shape index (κ2) is 6.77. The summed E-state index contributed by atoms with van der Waals surface area (Å²) in [7, 11) is 0. The van der Waals surface area contributed by atoms with Gasteiger partial charge in [-0.15, -0.1) is 0 Å². The number of nitrogens with one attached hydrogen (secondary N) is 1. The van der Waals surface area contributed by atoms with Gasteiger partial charge in [0.05, 0.1) is 0 Å². The Kier molecular flexibility index (Phi) is 4.88. The number of nitrogens with zero attached hydrogens (tertiary/aromatic N) is 1. The van der Waals surface area contributed by atoms with E-state index in [4.69, 9.17) is 4.74 Å². The summed E-state index contributed by atoms with van der Waals surface area (Å²) in [6.07, 6.45) is 10.6. The third-order valence-electron chi connectivity index (χ3n) is 5.26. The fourth-order valence-corrected chi connectivity index (χ4v) is 4.30. The lowest BCUT2D eigenvalue weighted by atomic mass is 9.97. The summed E-state index contributed by atoms with van der Waals surface area (Å²) < 4.78 is 5.56. The standard InChI is InChI=1S/C19H30N2O3/c1-19(2,3)24-18(23)21-15-8-9-16(21)12-14(11-15)20-17(22)10-13-6-4-5-7-13/h4,6,13-16H,5,7-12H2,1-3H3,(H,20,22). The molecule has 2 saturated heterocycles. The number of ether oxygens (including phenoxy) is 1. The number of amides is 2. The largest absolute Gasteiger partial charge is 0.444 e. The predicted molar refractivity (Wildman–Crippen MR) is 92.5 cm³/mol.